The highest BCUT2D eigenvalue weighted by molar-refractivity contribution is 7.14. The summed E-state index contributed by atoms with van der Waals surface area (Å²) in [4.78, 5) is 19.1. The molecule has 0 aromatic carbocycles. The molecule has 0 spiro atoms. The quantitative estimate of drug-likeness (QED) is 0.856. The first kappa shape index (κ1) is 15.0. The van der Waals surface area contributed by atoms with Gasteiger partial charge in [0.25, 0.3) is 5.91 Å². The zero-order chi connectivity index (χ0) is 15.2. The van der Waals surface area contributed by atoms with E-state index in [1.807, 2.05) is 11.0 Å². The molecular weight excluding hydrogens is 284 g/mol. The first-order chi connectivity index (χ1) is 9.91. The van der Waals surface area contributed by atoms with Gasteiger partial charge in [-0.3, -0.25) is 4.79 Å². The number of hydrogen-bond acceptors (Lipinski definition) is 4. The molecule has 2 atom stereocenters. The third kappa shape index (κ3) is 2.62. The van der Waals surface area contributed by atoms with Crippen molar-refractivity contribution in [3.05, 3.63) is 21.4 Å². The van der Waals surface area contributed by atoms with Gasteiger partial charge in [0.2, 0.25) is 0 Å². The van der Waals surface area contributed by atoms with Gasteiger partial charge in [0, 0.05) is 35.8 Å². The molecular formula is C16H24N2O2S. The largest absolute Gasteiger partial charge is 0.380 e. The van der Waals surface area contributed by atoms with Crippen molar-refractivity contribution in [3.8, 4) is 0 Å². The molecule has 1 amide bonds. The second kappa shape index (κ2) is 5.38. The molecule has 116 valence electrons. The van der Waals surface area contributed by atoms with Crippen LogP contribution in [0, 0.1) is 25.2 Å². The minimum Gasteiger partial charge on any atom is -0.380 e. The Kier molecular flexibility index (Phi) is 3.84. The number of hydrogen-bond donors (Lipinski definition) is 0. The van der Waals surface area contributed by atoms with E-state index in [1.165, 1.54) is 10.4 Å². The lowest BCUT2D eigenvalue weighted by molar-refractivity contribution is 0.0701. The molecule has 5 heteroatoms. The SMILES string of the molecule is Cc1cc(C(=O)N2C[C@@H]3COC[C@]3(CN(C)C)C2)sc1C. The second-order valence-electron chi connectivity index (χ2n) is 6.85. The number of aryl methyl sites for hydroxylation is 2. The van der Waals surface area contributed by atoms with Crippen molar-refractivity contribution in [2.24, 2.45) is 11.3 Å². The molecule has 0 aliphatic carbocycles. The highest BCUT2D eigenvalue weighted by Gasteiger charge is 2.52. The Labute approximate surface area is 130 Å². The number of rotatable bonds is 3. The van der Waals surface area contributed by atoms with E-state index in [4.69, 9.17) is 4.74 Å². The first-order valence-corrected chi connectivity index (χ1v) is 8.32. The van der Waals surface area contributed by atoms with E-state index in [2.05, 4.69) is 32.8 Å². The van der Waals surface area contributed by atoms with Crippen LogP contribution in [0.15, 0.2) is 6.07 Å². The minimum absolute atomic E-state index is 0.126. The van der Waals surface area contributed by atoms with E-state index < -0.39 is 0 Å². The highest BCUT2D eigenvalue weighted by Crippen LogP contribution is 2.42. The van der Waals surface area contributed by atoms with E-state index in [9.17, 15) is 4.79 Å². The standard InChI is InChI=1S/C16H24N2O2S/c1-11-5-14(21-12(11)2)15(19)18-6-13-7-20-10-16(13,9-18)8-17(3)4/h5,13H,6-10H2,1-4H3/t13-,16+/m1/s1. The lowest BCUT2D eigenvalue weighted by Gasteiger charge is -2.30. The van der Waals surface area contributed by atoms with E-state index in [-0.39, 0.29) is 11.3 Å². The van der Waals surface area contributed by atoms with Gasteiger partial charge in [-0.2, -0.15) is 0 Å². The van der Waals surface area contributed by atoms with Gasteiger partial charge in [-0.25, -0.2) is 0 Å². The number of amides is 1. The lowest BCUT2D eigenvalue weighted by atomic mass is 9.81. The predicted octanol–water partition coefficient (Wildman–Crippen LogP) is 2.02. The van der Waals surface area contributed by atoms with Gasteiger partial charge < -0.3 is 14.5 Å². The molecule has 1 aromatic heterocycles. The topological polar surface area (TPSA) is 32.8 Å². The van der Waals surface area contributed by atoms with Crippen LogP contribution in [-0.4, -0.2) is 62.7 Å². The fourth-order valence-electron chi connectivity index (χ4n) is 3.67. The average Bonchev–Trinajstić information content (AvgIpc) is 3.01. The van der Waals surface area contributed by atoms with Crippen LogP contribution in [0.5, 0.6) is 0 Å². The number of likely N-dealkylation sites (tertiary alicyclic amines) is 1. The van der Waals surface area contributed by atoms with Crippen LogP contribution in [0.3, 0.4) is 0 Å². The molecule has 3 heterocycles. The molecule has 3 rings (SSSR count). The first-order valence-electron chi connectivity index (χ1n) is 7.50. The number of fused-ring (bicyclic) bond motifs is 1. The fourth-order valence-corrected chi connectivity index (χ4v) is 4.68. The molecule has 0 N–H and O–H groups in total. The molecule has 0 radical (unpaired) electrons. The van der Waals surface area contributed by atoms with Crippen molar-refractivity contribution in [3.63, 3.8) is 0 Å². The van der Waals surface area contributed by atoms with Crippen LogP contribution in [-0.2, 0) is 4.74 Å². The smallest absolute Gasteiger partial charge is 0.263 e. The summed E-state index contributed by atoms with van der Waals surface area (Å²) in [5.41, 5.74) is 1.34. The van der Waals surface area contributed by atoms with Gasteiger partial charge in [0.15, 0.2) is 0 Å². The summed E-state index contributed by atoms with van der Waals surface area (Å²) < 4.78 is 5.71. The zero-order valence-corrected chi connectivity index (χ0v) is 14.1. The summed E-state index contributed by atoms with van der Waals surface area (Å²) >= 11 is 1.62. The summed E-state index contributed by atoms with van der Waals surface area (Å²) in [6.07, 6.45) is 0. The molecule has 2 aliphatic rings. The molecule has 0 unspecified atom stereocenters. The van der Waals surface area contributed by atoms with Crippen molar-refractivity contribution in [1.29, 1.82) is 0 Å². The van der Waals surface area contributed by atoms with Crippen LogP contribution >= 0.6 is 11.3 Å². The highest BCUT2D eigenvalue weighted by atomic mass is 32.1. The Morgan fingerprint density at radius 2 is 2.29 bits per heavy atom. The number of carbonyl (C=O) groups excluding carboxylic acids is 1. The molecule has 4 nitrogen and oxygen atoms in total. The third-order valence-corrected chi connectivity index (χ3v) is 5.96. The Balaban J connectivity index is 1.78. The van der Waals surface area contributed by atoms with E-state index in [1.54, 1.807) is 11.3 Å². The fraction of sp³-hybridized carbons (Fsp3) is 0.688. The maximum atomic E-state index is 12.8. The van der Waals surface area contributed by atoms with Gasteiger partial charge >= 0.3 is 0 Å². The number of carbonyl (C=O) groups is 1. The van der Waals surface area contributed by atoms with Gasteiger partial charge in [-0.1, -0.05) is 0 Å². The van der Waals surface area contributed by atoms with Crippen LogP contribution in [0.25, 0.3) is 0 Å². The molecule has 2 saturated heterocycles. The third-order valence-electron chi connectivity index (χ3n) is 4.82. The number of nitrogens with zero attached hydrogens (tertiary/aromatic N) is 2. The second-order valence-corrected chi connectivity index (χ2v) is 8.10. The van der Waals surface area contributed by atoms with Crippen molar-refractivity contribution in [2.75, 3.05) is 46.9 Å². The normalized spacial score (nSPS) is 28.4. The maximum Gasteiger partial charge on any atom is 0.263 e. The molecule has 0 bridgehead atoms. The summed E-state index contributed by atoms with van der Waals surface area (Å²) in [5, 5.41) is 0. The van der Waals surface area contributed by atoms with E-state index in [0.717, 1.165) is 37.7 Å². The summed E-state index contributed by atoms with van der Waals surface area (Å²) in [6.45, 7) is 8.37. The summed E-state index contributed by atoms with van der Waals surface area (Å²) in [7, 11) is 4.20. The molecule has 2 aliphatic heterocycles. The van der Waals surface area contributed by atoms with E-state index >= 15 is 0 Å². The Morgan fingerprint density at radius 3 is 2.90 bits per heavy atom. The maximum absolute atomic E-state index is 12.8. The predicted molar refractivity (Wildman–Crippen MR) is 85.0 cm³/mol. The molecule has 21 heavy (non-hydrogen) atoms. The minimum atomic E-state index is 0.126. The van der Waals surface area contributed by atoms with Gasteiger partial charge in [-0.15, -0.1) is 11.3 Å². The average molecular weight is 308 g/mol. The van der Waals surface area contributed by atoms with Gasteiger partial charge in [-0.05, 0) is 39.6 Å². The van der Waals surface area contributed by atoms with Crippen LogP contribution < -0.4 is 0 Å². The molecule has 2 fully saturated rings. The van der Waals surface area contributed by atoms with Crippen molar-refractivity contribution in [1.82, 2.24) is 9.80 Å². The van der Waals surface area contributed by atoms with E-state index in [0.29, 0.717) is 5.92 Å². The molecule has 1 aromatic rings. The summed E-state index contributed by atoms with van der Waals surface area (Å²) in [5.74, 6) is 0.676. The van der Waals surface area contributed by atoms with Crippen LogP contribution in [0.2, 0.25) is 0 Å². The zero-order valence-electron chi connectivity index (χ0n) is 13.3. The van der Waals surface area contributed by atoms with Crippen molar-refractivity contribution < 1.29 is 9.53 Å². The van der Waals surface area contributed by atoms with Crippen molar-refractivity contribution in [2.45, 2.75) is 13.8 Å². The molecule has 0 saturated carbocycles. The van der Waals surface area contributed by atoms with Crippen molar-refractivity contribution >= 4 is 17.2 Å². The van der Waals surface area contributed by atoms with Crippen LogP contribution in [0.4, 0.5) is 0 Å². The monoisotopic (exact) mass is 308 g/mol. The Hall–Kier alpha value is -0.910. The number of thiophene rings is 1. The van der Waals surface area contributed by atoms with Gasteiger partial charge in [0.05, 0.1) is 18.1 Å². The van der Waals surface area contributed by atoms with Gasteiger partial charge in [0.1, 0.15) is 0 Å². The summed E-state index contributed by atoms with van der Waals surface area (Å²) in [6, 6.07) is 2.03. The number of ether oxygens (including phenoxy) is 1. The lowest BCUT2D eigenvalue weighted by Crippen LogP contribution is -2.41. The Morgan fingerprint density at radius 1 is 1.52 bits per heavy atom. The Bertz CT molecular complexity index is 535. The van der Waals surface area contributed by atoms with Crippen LogP contribution in [0.1, 0.15) is 20.1 Å².